The summed E-state index contributed by atoms with van der Waals surface area (Å²) in [5.41, 5.74) is 4.13. The van der Waals surface area contributed by atoms with E-state index in [0.717, 1.165) is 27.6 Å². The Bertz CT molecular complexity index is 1160. The van der Waals surface area contributed by atoms with Gasteiger partial charge < -0.3 is 19.3 Å². The van der Waals surface area contributed by atoms with Gasteiger partial charge in [-0.2, -0.15) is 0 Å². The maximum Gasteiger partial charge on any atom is 0.203 e. The second-order valence-corrected chi connectivity index (χ2v) is 6.82. The van der Waals surface area contributed by atoms with Crippen molar-refractivity contribution in [2.24, 2.45) is 0 Å². The third-order valence-electron chi connectivity index (χ3n) is 4.95. The minimum Gasteiger partial charge on any atom is -0.493 e. The van der Waals surface area contributed by atoms with E-state index >= 15 is 0 Å². The SMILES string of the molecule is COc1cc(-c2cc3ccccc3nc2CO)cc(OCc2ccccc2)c1OC. The first kappa shape index (κ1) is 19.7. The lowest BCUT2D eigenvalue weighted by Gasteiger charge is -2.17. The van der Waals surface area contributed by atoms with E-state index < -0.39 is 0 Å². The molecule has 30 heavy (non-hydrogen) atoms. The van der Waals surface area contributed by atoms with Crippen LogP contribution >= 0.6 is 0 Å². The molecule has 0 radical (unpaired) electrons. The number of aromatic nitrogens is 1. The monoisotopic (exact) mass is 401 g/mol. The molecule has 1 heterocycles. The van der Waals surface area contributed by atoms with Gasteiger partial charge in [-0.1, -0.05) is 48.5 Å². The number of benzene rings is 3. The van der Waals surface area contributed by atoms with Crippen molar-refractivity contribution in [3.8, 4) is 28.4 Å². The molecule has 0 saturated carbocycles. The summed E-state index contributed by atoms with van der Waals surface area (Å²) in [5.74, 6) is 1.64. The quantitative estimate of drug-likeness (QED) is 0.473. The fraction of sp³-hybridized carbons (Fsp3) is 0.160. The molecule has 0 spiro atoms. The lowest BCUT2D eigenvalue weighted by atomic mass is 10.0. The maximum atomic E-state index is 9.94. The molecule has 0 fully saturated rings. The molecule has 1 aromatic heterocycles. The number of methoxy groups -OCH3 is 2. The van der Waals surface area contributed by atoms with Crippen LogP contribution in [0.3, 0.4) is 0 Å². The zero-order valence-electron chi connectivity index (χ0n) is 17.0. The Morgan fingerprint density at radius 3 is 2.30 bits per heavy atom. The summed E-state index contributed by atoms with van der Waals surface area (Å²) in [5, 5.41) is 10.9. The van der Waals surface area contributed by atoms with Crippen LogP contribution in [0.25, 0.3) is 22.0 Å². The number of fused-ring (bicyclic) bond motifs is 1. The van der Waals surface area contributed by atoms with Crippen molar-refractivity contribution in [3.05, 3.63) is 84.1 Å². The van der Waals surface area contributed by atoms with Crippen molar-refractivity contribution in [2.45, 2.75) is 13.2 Å². The van der Waals surface area contributed by atoms with E-state index in [4.69, 9.17) is 14.2 Å². The Morgan fingerprint density at radius 1 is 0.833 bits per heavy atom. The van der Waals surface area contributed by atoms with Crippen molar-refractivity contribution < 1.29 is 19.3 Å². The number of aliphatic hydroxyl groups excluding tert-OH is 1. The van der Waals surface area contributed by atoms with Gasteiger partial charge in [-0.15, -0.1) is 0 Å². The van der Waals surface area contributed by atoms with Gasteiger partial charge in [-0.05, 0) is 35.4 Å². The highest BCUT2D eigenvalue weighted by molar-refractivity contribution is 5.85. The first-order valence-electron chi connectivity index (χ1n) is 9.66. The summed E-state index contributed by atoms with van der Waals surface area (Å²) >= 11 is 0. The normalized spacial score (nSPS) is 10.8. The lowest BCUT2D eigenvalue weighted by Crippen LogP contribution is -2.01. The second kappa shape index (κ2) is 8.84. The molecule has 4 aromatic rings. The fourth-order valence-corrected chi connectivity index (χ4v) is 3.45. The van der Waals surface area contributed by atoms with Gasteiger partial charge in [-0.3, -0.25) is 0 Å². The van der Waals surface area contributed by atoms with Gasteiger partial charge >= 0.3 is 0 Å². The first-order valence-corrected chi connectivity index (χ1v) is 9.66. The number of rotatable bonds is 7. The number of pyridine rings is 1. The van der Waals surface area contributed by atoms with Crippen LogP contribution in [0.5, 0.6) is 17.2 Å². The molecule has 5 heteroatoms. The van der Waals surface area contributed by atoms with Crippen molar-refractivity contribution in [2.75, 3.05) is 14.2 Å². The number of hydrogen-bond donors (Lipinski definition) is 1. The first-order chi connectivity index (χ1) is 14.7. The van der Waals surface area contributed by atoms with Gasteiger partial charge in [-0.25, -0.2) is 4.98 Å². The zero-order valence-corrected chi connectivity index (χ0v) is 17.0. The lowest BCUT2D eigenvalue weighted by molar-refractivity contribution is 0.275. The third-order valence-corrected chi connectivity index (χ3v) is 4.95. The molecule has 0 atom stereocenters. The molecule has 1 N–H and O–H groups in total. The highest BCUT2D eigenvalue weighted by Gasteiger charge is 2.17. The molecule has 0 amide bonds. The Morgan fingerprint density at radius 2 is 1.57 bits per heavy atom. The predicted octanol–water partition coefficient (Wildman–Crippen LogP) is 4.99. The van der Waals surface area contributed by atoms with Crippen molar-refractivity contribution >= 4 is 10.9 Å². The summed E-state index contributed by atoms with van der Waals surface area (Å²) in [7, 11) is 3.18. The highest BCUT2D eigenvalue weighted by atomic mass is 16.5. The van der Waals surface area contributed by atoms with E-state index in [2.05, 4.69) is 4.98 Å². The Hall–Kier alpha value is -3.57. The van der Waals surface area contributed by atoms with E-state index in [1.54, 1.807) is 14.2 Å². The van der Waals surface area contributed by atoms with Gasteiger partial charge in [0.1, 0.15) is 6.61 Å². The Labute approximate surface area is 175 Å². The largest absolute Gasteiger partial charge is 0.493 e. The van der Waals surface area contributed by atoms with Crippen molar-refractivity contribution in [1.29, 1.82) is 0 Å². The molecule has 0 saturated heterocycles. The van der Waals surface area contributed by atoms with E-state index in [9.17, 15) is 5.11 Å². The molecular weight excluding hydrogens is 378 g/mol. The molecule has 0 bridgehead atoms. The molecule has 4 rings (SSSR count). The third kappa shape index (κ3) is 3.93. The number of nitrogens with zero attached hydrogens (tertiary/aromatic N) is 1. The van der Waals surface area contributed by atoms with Gasteiger partial charge in [0.2, 0.25) is 5.75 Å². The Kier molecular flexibility index (Phi) is 5.82. The van der Waals surface area contributed by atoms with Crippen LogP contribution < -0.4 is 14.2 Å². The predicted molar refractivity (Wildman–Crippen MR) is 117 cm³/mol. The molecule has 5 nitrogen and oxygen atoms in total. The van der Waals surface area contributed by atoms with Gasteiger partial charge in [0.15, 0.2) is 11.5 Å². The molecule has 3 aromatic carbocycles. The minimum atomic E-state index is -0.172. The number of para-hydroxylation sites is 1. The second-order valence-electron chi connectivity index (χ2n) is 6.82. The van der Waals surface area contributed by atoms with E-state index in [-0.39, 0.29) is 6.61 Å². The number of aliphatic hydroxyl groups is 1. The van der Waals surface area contributed by atoms with Crippen LogP contribution in [-0.2, 0) is 13.2 Å². The highest BCUT2D eigenvalue weighted by Crippen LogP contribution is 2.42. The van der Waals surface area contributed by atoms with E-state index in [1.165, 1.54) is 0 Å². The summed E-state index contributed by atoms with van der Waals surface area (Å²) in [6.07, 6.45) is 0. The molecule has 0 aliphatic carbocycles. The summed E-state index contributed by atoms with van der Waals surface area (Å²) in [6, 6.07) is 23.6. The number of hydrogen-bond acceptors (Lipinski definition) is 5. The van der Waals surface area contributed by atoms with Crippen LogP contribution in [0.1, 0.15) is 11.3 Å². The average Bonchev–Trinajstić information content (AvgIpc) is 2.81. The molecule has 0 aliphatic rings. The van der Waals surface area contributed by atoms with Crippen molar-refractivity contribution in [3.63, 3.8) is 0 Å². The van der Waals surface area contributed by atoms with Gasteiger partial charge in [0.25, 0.3) is 0 Å². The van der Waals surface area contributed by atoms with E-state index in [1.807, 2.05) is 72.8 Å². The Balaban J connectivity index is 1.81. The van der Waals surface area contributed by atoms with Gasteiger partial charge in [0.05, 0.1) is 32.0 Å². The summed E-state index contributed by atoms with van der Waals surface area (Å²) in [6.45, 7) is 0.224. The van der Waals surface area contributed by atoms with Gasteiger partial charge in [0, 0.05) is 10.9 Å². The molecule has 0 unspecified atom stereocenters. The minimum absolute atomic E-state index is 0.172. The van der Waals surface area contributed by atoms with Crippen LogP contribution in [0.15, 0.2) is 72.8 Å². The topological polar surface area (TPSA) is 60.8 Å². The summed E-state index contributed by atoms with van der Waals surface area (Å²) < 4.78 is 17.2. The van der Waals surface area contributed by atoms with Crippen LogP contribution in [0, 0.1) is 0 Å². The summed E-state index contributed by atoms with van der Waals surface area (Å²) in [4.78, 5) is 4.63. The zero-order chi connectivity index (χ0) is 20.9. The van der Waals surface area contributed by atoms with Crippen molar-refractivity contribution in [1.82, 2.24) is 4.98 Å². The smallest absolute Gasteiger partial charge is 0.203 e. The van der Waals surface area contributed by atoms with Crippen LogP contribution in [-0.4, -0.2) is 24.3 Å². The van der Waals surface area contributed by atoms with E-state index in [0.29, 0.717) is 29.5 Å². The molecule has 0 aliphatic heterocycles. The number of ether oxygens (including phenoxy) is 3. The maximum absolute atomic E-state index is 9.94. The molecule has 152 valence electrons. The van der Waals surface area contributed by atoms with Crippen LogP contribution in [0.2, 0.25) is 0 Å². The molecular formula is C25H23NO4. The average molecular weight is 401 g/mol. The van der Waals surface area contributed by atoms with Crippen LogP contribution in [0.4, 0.5) is 0 Å². The fourth-order valence-electron chi connectivity index (χ4n) is 3.45. The standard InChI is InChI=1S/C25H23NO4/c1-28-23-13-19(20-12-18-10-6-7-11-21(18)26-22(20)15-27)14-24(25(23)29-2)30-16-17-8-4-3-5-9-17/h3-14,27H,15-16H2,1-2H3.